The first kappa shape index (κ1) is 15.7. The summed E-state index contributed by atoms with van der Waals surface area (Å²) in [5, 5.41) is 7.86. The Morgan fingerprint density at radius 3 is 2.88 bits per heavy atom. The monoisotopic (exact) mass is 339 g/mol. The highest BCUT2D eigenvalue weighted by atomic mass is 19.1. The van der Waals surface area contributed by atoms with Gasteiger partial charge in [0.25, 0.3) is 0 Å². The average molecular weight is 339 g/mol. The summed E-state index contributed by atoms with van der Waals surface area (Å²) in [7, 11) is 0. The lowest BCUT2D eigenvalue weighted by Gasteiger charge is -2.15. The molecule has 2 aromatic heterocycles. The highest BCUT2D eigenvalue weighted by Gasteiger charge is 2.24. The molecule has 3 heterocycles. The van der Waals surface area contributed by atoms with Crippen molar-refractivity contribution in [2.24, 2.45) is 0 Å². The zero-order chi connectivity index (χ0) is 17.2. The second-order valence-electron chi connectivity index (χ2n) is 5.75. The third-order valence-corrected chi connectivity index (χ3v) is 4.11. The maximum Gasteiger partial charge on any atom is 0.223 e. The van der Waals surface area contributed by atoms with Crippen LogP contribution < -0.4 is 5.32 Å². The van der Waals surface area contributed by atoms with Crippen LogP contribution in [0.3, 0.4) is 0 Å². The van der Waals surface area contributed by atoms with E-state index in [-0.39, 0.29) is 5.82 Å². The molecule has 4 rings (SSSR count). The van der Waals surface area contributed by atoms with Crippen LogP contribution in [0.2, 0.25) is 0 Å². The summed E-state index contributed by atoms with van der Waals surface area (Å²) < 4.78 is 20.9. The van der Waals surface area contributed by atoms with Crippen LogP contribution in [-0.2, 0) is 17.9 Å². The molecular weight excluding hydrogens is 321 g/mol. The van der Waals surface area contributed by atoms with E-state index in [1.54, 1.807) is 18.3 Å². The second kappa shape index (κ2) is 6.60. The predicted octanol–water partition coefficient (Wildman–Crippen LogP) is 3.11. The Hall–Kier alpha value is -2.80. The highest BCUT2D eigenvalue weighted by Crippen LogP contribution is 2.35. The summed E-state index contributed by atoms with van der Waals surface area (Å²) in [6.45, 7) is 4.53. The van der Waals surface area contributed by atoms with Crippen molar-refractivity contribution < 1.29 is 9.13 Å². The van der Waals surface area contributed by atoms with E-state index in [0.717, 1.165) is 34.8 Å². The topological polar surface area (TPSA) is 64.9 Å². The maximum atomic E-state index is 13.3. The summed E-state index contributed by atoms with van der Waals surface area (Å²) in [5.74, 6) is 0.302. The first-order chi connectivity index (χ1) is 12.3. The first-order valence-corrected chi connectivity index (χ1v) is 8.27. The van der Waals surface area contributed by atoms with Crippen molar-refractivity contribution in [3.63, 3.8) is 0 Å². The van der Waals surface area contributed by atoms with Gasteiger partial charge in [0.1, 0.15) is 11.5 Å². The molecule has 1 aromatic carbocycles. The van der Waals surface area contributed by atoms with Crippen molar-refractivity contribution in [3.8, 4) is 22.5 Å². The van der Waals surface area contributed by atoms with E-state index < -0.39 is 0 Å². The highest BCUT2D eigenvalue weighted by molar-refractivity contribution is 5.81. The van der Waals surface area contributed by atoms with Gasteiger partial charge in [-0.3, -0.25) is 4.68 Å². The standard InChI is InChI=1S/C18H18FN5O/c1-2-20-18-21-8-7-14(22-18)16-15-11-25-10-9-24(15)23-17(16)12-3-5-13(19)6-4-12/h3-8H,2,9-11H2,1H3,(H,20,21,22). The molecule has 0 amide bonds. The van der Waals surface area contributed by atoms with Crippen LogP contribution in [-0.4, -0.2) is 32.9 Å². The van der Waals surface area contributed by atoms with Crippen LogP contribution in [0.1, 0.15) is 12.6 Å². The van der Waals surface area contributed by atoms with Crippen molar-refractivity contribution in [3.05, 3.63) is 48.0 Å². The van der Waals surface area contributed by atoms with Gasteiger partial charge in [0.2, 0.25) is 5.95 Å². The lowest BCUT2D eigenvalue weighted by Crippen LogP contribution is -2.17. The number of nitrogens with one attached hydrogen (secondary N) is 1. The lowest BCUT2D eigenvalue weighted by atomic mass is 10.0. The van der Waals surface area contributed by atoms with Crippen molar-refractivity contribution in [1.29, 1.82) is 0 Å². The van der Waals surface area contributed by atoms with Crippen LogP contribution in [0.4, 0.5) is 10.3 Å². The largest absolute Gasteiger partial charge is 0.373 e. The molecule has 0 radical (unpaired) electrons. The van der Waals surface area contributed by atoms with E-state index in [1.807, 2.05) is 17.7 Å². The zero-order valence-corrected chi connectivity index (χ0v) is 13.9. The molecule has 0 aliphatic carbocycles. The molecule has 25 heavy (non-hydrogen) atoms. The Kier molecular flexibility index (Phi) is 4.15. The first-order valence-electron chi connectivity index (χ1n) is 8.27. The molecule has 1 aliphatic rings. The summed E-state index contributed by atoms with van der Waals surface area (Å²) in [6.07, 6.45) is 1.72. The van der Waals surface area contributed by atoms with Gasteiger partial charge in [0, 0.05) is 18.3 Å². The minimum atomic E-state index is -0.269. The summed E-state index contributed by atoms with van der Waals surface area (Å²) in [5.41, 5.74) is 4.29. The van der Waals surface area contributed by atoms with E-state index in [0.29, 0.717) is 25.7 Å². The maximum absolute atomic E-state index is 13.3. The minimum absolute atomic E-state index is 0.269. The number of rotatable bonds is 4. The minimum Gasteiger partial charge on any atom is -0.373 e. The van der Waals surface area contributed by atoms with Crippen LogP contribution in [0.5, 0.6) is 0 Å². The normalized spacial score (nSPS) is 13.5. The van der Waals surface area contributed by atoms with Gasteiger partial charge in [-0.2, -0.15) is 5.10 Å². The molecule has 0 atom stereocenters. The molecule has 0 unspecified atom stereocenters. The zero-order valence-electron chi connectivity index (χ0n) is 13.9. The number of anilines is 1. The fourth-order valence-corrected chi connectivity index (χ4v) is 2.97. The molecule has 1 N–H and O–H groups in total. The fraction of sp³-hybridized carbons (Fsp3) is 0.278. The second-order valence-corrected chi connectivity index (χ2v) is 5.75. The summed E-state index contributed by atoms with van der Waals surface area (Å²) >= 11 is 0. The van der Waals surface area contributed by atoms with E-state index in [2.05, 4.69) is 15.3 Å². The number of halogens is 1. The molecule has 0 saturated heterocycles. The lowest BCUT2D eigenvalue weighted by molar-refractivity contribution is 0.0804. The fourth-order valence-electron chi connectivity index (χ4n) is 2.97. The Labute approximate surface area is 144 Å². The van der Waals surface area contributed by atoms with Crippen molar-refractivity contribution in [2.75, 3.05) is 18.5 Å². The molecule has 0 bridgehead atoms. The van der Waals surface area contributed by atoms with Crippen LogP contribution in [0.15, 0.2) is 36.5 Å². The van der Waals surface area contributed by atoms with Gasteiger partial charge in [0.15, 0.2) is 0 Å². The van der Waals surface area contributed by atoms with Crippen LogP contribution in [0, 0.1) is 5.82 Å². The third-order valence-electron chi connectivity index (χ3n) is 4.11. The average Bonchev–Trinajstić information content (AvgIpc) is 3.02. The van der Waals surface area contributed by atoms with E-state index in [1.165, 1.54) is 12.1 Å². The van der Waals surface area contributed by atoms with Gasteiger partial charge in [-0.15, -0.1) is 0 Å². The Bertz CT molecular complexity index is 891. The van der Waals surface area contributed by atoms with Gasteiger partial charge in [-0.05, 0) is 37.3 Å². The Morgan fingerprint density at radius 2 is 2.08 bits per heavy atom. The van der Waals surface area contributed by atoms with Gasteiger partial charge < -0.3 is 10.1 Å². The third kappa shape index (κ3) is 2.98. The number of benzene rings is 1. The smallest absolute Gasteiger partial charge is 0.223 e. The molecule has 3 aromatic rings. The number of hydrogen-bond acceptors (Lipinski definition) is 5. The van der Waals surface area contributed by atoms with Crippen molar-refractivity contribution >= 4 is 5.95 Å². The number of hydrogen-bond donors (Lipinski definition) is 1. The molecule has 6 nitrogen and oxygen atoms in total. The predicted molar refractivity (Wildman–Crippen MR) is 92.5 cm³/mol. The van der Waals surface area contributed by atoms with Crippen molar-refractivity contribution in [1.82, 2.24) is 19.7 Å². The summed E-state index contributed by atoms with van der Waals surface area (Å²) in [6, 6.07) is 8.22. The number of nitrogens with zero attached hydrogens (tertiary/aromatic N) is 4. The van der Waals surface area contributed by atoms with Gasteiger partial charge in [0.05, 0.1) is 36.7 Å². The van der Waals surface area contributed by atoms with Gasteiger partial charge >= 0.3 is 0 Å². The molecule has 0 saturated carbocycles. The number of ether oxygens (including phenoxy) is 1. The van der Waals surface area contributed by atoms with E-state index in [4.69, 9.17) is 9.84 Å². The number of aromatic nitrogens is 4. The van der Waals surface area contributed by atoms with E-state index >= 15 is 0 Å². The molecule has 128 valence electrons. The van der Waals surface area contributed by atoms with Crippen LogP contribution >= 0.6 is 0 Å². The Balaban J connectivity index is 1.89. The molecule has 1 aliphatic heterocycles. The van der Waals surface area contributed by atoms with E-state index in [9.17, 15) is 4.39 Å². The van der Waals surface area contributed by atoms with Gasteiger partial charge in [-0.1, -0.05) is 0 Å². The molecule has 7 heteroatoms. The Morgan fingerprint density at radius 1 is 1.24 bits per heavy atom. The summed E-state index contributed by atoms with van der Waals surface area (Å²) in [4.78, 5) is 8.85. The SMILES string of the molecule is CCNc1nccc(-c2c(-c3ccc(F)cc3)nn3c2COCC3)n1. The van der Waals surface area contributed by atoms with Crippen LogP contribution in [0.25, 0.3) is 22.5 Å². The quantitative estimate of drug-likeness (QED) is 0.791. The molecule has 0 fully saturated rings. The molecular formula is C18H18FN5O. The van der Waals surface area contributed by atoms with Gasteiger partial charge in [-0.25, -0.2) is 14.4 Å². The molecule has 0 spiro atoms. The number of fused-ring (bicyclic) bond motifs is 1. The van der Waals surface area contributed by atoms with Crippen molar-refractivity contribution in [2.45, 2.75) is 20.1 Å².